The number of aliphatic hydroxyl groups is 2. The van der Waals surface area contributed by atoms with Crippen molar-refractivity contribution in [2.75, 3.05) is 18.5 Å². The van der Waals surface area contributed by atoms with Crippen LogP contribution in [0.5, 0.6) is 0 Å². The number of hydrogen-bond donors (Lipinski definition) is 4. The fourth-order valence-electron chi connectivity index (χ4n) is 3.53. The molecule has 1 amide bonds. The number of thiazole rings is 1. The number of alkyl halides is 5. The molecule has 40 heavy (non-hydrogen) atoms. The number of nitrogens with one attached hydrogen (secondary N) is 2. The predicted octanol–water partition coefficient (Wildman–Crippen LogP) is 3.00. The second-order valence-electron chi connectivity index (χ2n) is 8.27. The fourth-order valence-corrected chi connectivity index (χ4v) is 6.18. The highest BCUT2D eigenvalue weighted by Crippen LogP contribution is 2.32. The van der Waals surface area contributed by atoms with Crippen molar-refractivity contribution in [1.29, 1.82) is 0 Å². The summed E-state index contributed by atoms with van der Waals surface area (Å²) < 4.78 is 94.1. The van der Waals surface area contributed by atoms with Gasteiger partial charge in [-0.3, -0.25) is 10.1 Å². The first-order valence-electron chi connectivity index (χ1n) is 11.1. The molecule has 3 aromatic heterocycles. The van der Waals surface area contributed by atoms with Crippen LogP contribution in [0, 0.1) is 6.92 Å². The summed E-state index contributed by atoms with van der Waals surface area (Å²) in [6.45, 7) is -0.00229. The van der Waals surface area contributed by atoms with Crippen LogP contribution in [0.15, 0.2) is 40.7 Å². The Bertz CT molecular complexity index is 1650. The van der Waals surface area contributed by atoms with E-state index in [2.05, 4.69) is 25.1 Å². The second kappa shape index (κ2) is 11.1. The second-order valence-corrected chi connectivity index (χ2v) is 11.2. The van der Waals surface area contributed by atoms with Gasteiger partial charge in [0.15, 0.2) is 15.0 Å². The summed E-state index contributed by atoms with van der Waals surface area (Å²) in [6.07, 6.45) is -6.74. The minimum atomic E-state index is -4.61. The van der Waals surface area contributed by atoms with Crippen molar-refractivity contribution >= 4 is 38.0 Å². The van der Waals surface area contributed by atoms with Crippen LogP contribution in [-0.2, 0) is 16.2 Å². The number of aryl methyl sites for hydroxylation is 1. The average molecular weight is 607 g/mol. The number of amides is 1. The van der Waals surface area contributed by atoms with E-state index in [0.29, 0.717) is 15.9 Å². The molecule has 0 atom stereocenters. The van der Waals surface area contributed by atoms with Gasteiger partial charge in [0.25, 0.3) is 22.4 Å². The third-order valence-corrected chi connectivity index (χ3v) is 8.66. The summed E-state index contributed by atoms with van der Waals surface area (Å²) in [5, 5.41) is 24.3. The Morgan fingerprint density at radius 2 is 1.77 bits per heavy atom. The molecule has 0 aliphatic rings. The van der Waals surface area contributed by atoms with E-state index in [-0.39, 0.29) is 37.5 Å². The molecular formula is C22H19F5N6O5S2. The number of carbonyl (C=O) groups is 1. The maximum Gasteiger partial charge on any atom is 0.416 e. The minimum absolute atomic E-state index is 0.00926. The maximum atomic E-state index is 13.8. The lowest BCUT2D eigenvalue weighted by Crippen LogP contribution is -2.39. The lowest BCUT2D eigenvalue weighted by molar-refractivity contribution is -0.137. The zero-order valence-electron chi connectivity index (χ0n) is 20.1. The molecule has 0 fully saturated rings. The van der Waals surface area contributed by atoms with E-state index in [1.807, 2.05) is 0 Å². The van der Waals surface area contributed by atoms with E-state index in [9.17, 15) is 35.2 Å². The molecule has 4 N–H and O–H groups in total. The molecule has 4 aromatic rings. The van der Waals surface area contributed by atoms with Crippen molar-refractivity contribution < 1.29 is 45.4 Å². The summed E-state index contributed by atoms with van der Waals surface area (Å²) >= 11 is 0.555. The van der Waals surface area contributed by atoms with Crippen LogP contribution >= 0.6 is 11.3 Å². The Morgan fingerprint density at radius 1 is 1.12 bits per heavy atom. The smallest absolute Gasteiger partial charge is 0.395 e. The number of sulfonamides is 1. The van der Waals surface area contributed by atoms with Crippen LogP contribution in [0.2, 0.25) is 0 Å². The van der Waals surface area contributed by atoms with Gasteiger partial charge in [-0.25, -0.2) is 36.4 Å². The van der Waals surface area contributed by atoms with Crippen LogP contribution in [-0.4, -0.2) is 63.4 Å². The largest absolute Gasteiger partial charge is 0.416 e. The summed E-state index contributed by atoms with van der Waals surface area (Å²) in [7, 11) is -4.23. The maximum absolute atomic E-state index is 13.8. The molecular weight excluding hydrogens is 587 g/mol. The van der Waals surface area contributed by atoms with Gasteiger partial charge in [-0.15, -0.1) is 0 Å². The molecule has 0 radical (unpaired) electrons. The quantitative estimate of drug-likeness (QED) is 0.212. The van der Waals surface area contributed by atoms with Crippen molar-refractivity contribution in [3.05, 3.63) is 59.0 Å². The first-order valence-corrected chi connectivity index (χ1v) is 13.4. The summed E-state index contributed by atoms with van der Waals surface area (Å²) in [5.41, 5.74) is -2.33. The molecule has 214 valence electrons. The molecule has 4 rings (SSSR count). The van der Waals surface area contributed by atoms with Crippen molar-refractivity contribution in [2.45, 2.75) is 29.8 Å². The number of hydrogen-bond acceptors (Lipinski definition) is 9. The highest BCUT2D eigenvalue weighted by molar-refractivity contribution is 7.91. The number of benzene rings is 1. The van der Waals surface area contributed by atoms with Crippen LogP contribution < -0.4 is 10.0 Å². The summed E-state index contributed by atoms with van der Waals surface area (Å²) in [6, 6.07) is 3.41. The molecule has 18 heteroatoms. The van der Waals surface area contributed by atoms with Gasteiger partial charge < -0.3 is 10.2 Å². The molecule has 0 saturated heterocycles. The monoisotopic (exact) mass is 606 g/mol. The lowest BCUT2D eigenvalue weighted by atomic mass is 10.1. The Hall–Kier alpha value is -3.58. The SMILES string of the molecule is Cc1nc(NC(=O)c2cnn3c(C(F)F)cc(-c4ccc(C(F)(F)F)cc4)nc23)sc1S(=O)(=O)NC(CO)CO. The molecule has 0 spiro atoms. The van der Waals surface area contributed by atoms with Crippen molar-refractivity contribution in [2.24, 2.45) is 0 Å². The van der Waals surface area contributed by atoms with Gasteiger partial charge in [0.1, 0.15) is 11.3 Å². The van der Waals surface area contributed by atoms with E-state index in [0.717, 1.165) is 36.5 Å². The molecule has 1 aromatic carbocycles. The Morgan fingerprint density at radius 3 is 2.35 bits per heavy atom. The van der Waals surface area contributed by atoms with Crippen molar-refractivity contribution in [3.63, 3.8) is 0 Å². The van der Waals surface area contributed by atoms with Crippen molar-refractivity contribution in [3.8, 4) is 11.3 Å². The lowest BCUT2D eigenvalue weighted by Gasteiger charge is -2.12. The molecule has 11 nitrogen and oxygen atoms in total. The van der Waals surface area contributed by atoms with E-state index >= 15 is 0 Å². The van der Waals surface area contributed by atoms with E-state index < -0.39 is 59.0 Å². The zero-order valence-corrected chi connectivity index (χ0v) is 21.8. The highest BCUT2D eigenvalue weighted by atomic mass is 32.2. The number of halogens is 5. The van der Waals surface area contributed by atoms with Crippen LogP contribution in [0.1, 0.15) is 33.7 Å². The standard InChI is InChI=1S/C22H19F5N6O5S2/c1-10-20(40(37,38)32-13(8-34)9-35)39-21(29-10)31-19(36)14-7-28-33-16(17(23)24)6-15(30-18(14)33)11-2-4-12(5-3-11)22(25,26)27/h2-7,13,17,32,34-35H,8-9H2,1H3,(H,29,31,36). The molecule has 0 aliphatic heterocycles. The number of nitrogens with zero attached hydrogens (tertiary/aromatic N) is 4. The predicted molar refractivity (Wildman–Crippen MR) is 131 cm³/mol. The van der Waals surface area contributed by atoms with Gasteiger partial charge in [-0.1, -0.05) is 23.5 Å². The number of rotatable bonds is 9. The molecule has 0 bridgehead atoms. The Balaban J connectivity index is 1.68. The van der Waals surface area contributed by atoms with Gasteiger partial charge in [-0.05, 0) is 25.1 Å². The highest BCUT2D eigenvalue weighted by Gasteiger charge is 2.30. The summed E-state index contributed by atoms with van der Waals surface area (Å²) in [4.78, 5) is 21.2. The molecule has 0 aliphatic carbocycles. The van der Waals surface area contributed by atoms with E-state index in [4.69, 9.17) is 10.2 Å². The molecule has 0 saturated carbocycles. The third kappa shape index (κ3) is 5.94. The summed E-state index contributed by atoms with van der Waals surface area (Å²) in [5.74, 6) is -0.929. The average Bonchev–Trinajstić information content (AvgIpc) is 3.49. The van der Waals surface area contributed by atoms with Gasteiger partial charge >= 0.3 is 6.18 Å². The van der Waals surface area contributed by atoms with E-state index in [1.165, 1.54) is 6.92 Å². The first-order chi connectivity index (χ1) is 18.7. The molecule has 3 heterocycles. The van der Waals surface area contributed by atoms with Gasteiger partial charge in [0, 0.05) is 5.56 Å². The van der Waals surface area contributed by atoms with E-state index in [1.54, 1.807) is 0 Å². The van der Waals surface area contributed by atoms with Gasteiger partial charge in [0.2, 0.25) is 0 Å². The number of carbonyl (C=O) groups excluding carboxylic acids is 1. The van der Waals surface area contributed by atoms with Crippen LogP contribution in [0.3, 0.4) is 0 Å². The zero-order chi connectivity index (χ0) is 29.4. The minimum Gasteiger partial charge on any atom is -0.395 e. The number of fused-ring (bicyclic) bond motifs is 1. The third-order valence-electron chi connectivity index (χ3n) is 5.46. The van der Waals surface area contributed by atoms with Crippen molar-refractivity contribution in [1.82, 2.24) is 24.3 Å². The normalized spacial score (nSPS) is 12.6. The number of anilines is 1. The Kier molecular flexibility index (Phi) is 8.18. The van der Waals surface area contributed by atoms with Crippen LogP contribution in [0.4, 0.5) is 27.1 Å². The molecule has 0 unspecified atom stereocenters. The first kappa shape index (κ1) is 29.4. The number of aromatic nitrogens is 4. The van der Waals surface area contributed by atoms with Gasteiger partial charge in [-0.2, -0.15) is 18.3 Å². The Labute approximate surface area is 226 Å². The fraction of sp³-hybridized carbons (Fsp3) is 0.273. The topological polar surface area (TPSA) is 159 Å². The van der Waals surface area contributed by atoms with Crippen LogP contribution in [0.25, 0.3) is 16.9 Å². The van der Waals surface area contributed by atoms with Gasteiger partial charge in [0.05, 0.1) is 42.4 Å². The number of aliphatic hydroxyl groups excluding tert-OH is 2.